The van der Waals surface area contributed by atoms with Gasteiger partial charge in [-0.15, -0.1) is 0 Å². The number of aliphatic hydroxyl groups is 1. The highest BCUT2D eigenvalue weighted by molar-refractivity contribution is 4.82. The van der Waals surface area contributed by atoms with Crippen LogP contribution in [0.5, 0.6) is 0 Å². The molecule has 1 aliphatic rings. The van der Waals surface area contributed by atoms with Crippen molar-refractivity contribution in [1.82, 2.24) is 0 Å². The monoisotopic (exact) mass is 198 g/mol. The van der Waals surface area contributed by atoms with Gasteiger partial charge in [0.05, 0.1) is 6.10 Å². The Morgan fingerprint density at radius 3 is 2.50 bits per heavy atom. The summed E-state index contributed by atoms with van der Waals surface area (Å²) in [4.78, 5) is 0. The summed E-state index contributed by atoms with van der Waals surface area (Å²) in [6.07, 6.45) is 7.59. The lowest BCUT2D eigenvalue weighted by Crippen LogP contribution is -2.34. The van der Waals surface area contributed by atoms with E-state index >= 15 is 0 Å². The summed E-state index contributed by atoms with van der Waals surface area (Å²) in [5.74, 6) is 1.92. The number of hydrogen-bond donors (Lipinski definition) is 1. The first-order valence-corrected chi connectivity index (χ1v) is 6.33. The molecule has 0 aromatic carbocycles. The minimum absolute atomic E-state index is 0.0249. The predicted octanol–water partition coefficient (Wildman–Crippen LogP) is 3.61. The third-order valence-electron chi connectivity index (χ3n) is 3.72. The Balaban J connectivity index is 2.33. The Morgan fingerprint density at radius 1 is 1.14 bits per heavy atom. The maximum Gasteiger partial charge on any atom is 0.0594 e. The van der Waals surface area contributed by atoms with Crippen molar-refractivity contribution in [2.75, 3.05) is 0 Å². The summed E-state index contributed by atoms with van der Waals surface area (Å²) in [6.45, 7) is 6.77. The molecule has 4 unspecified atom stereocenters. The van der Waals surface area contributed by atoms with Crippen molar-refractivity contribution in [3.05, 3.63) is 0 Å². The molecule has 0 aliphatic heterocycles. The molecule has 0 heterocycles. The van der Waals surface area contributed by atoms with Crippen LogP contribution in [-0.4, -0.2) is 11.2 Å². The number of unbranched alkanes of at least 4 members (excludes halogenated alkanes) is 2. The summed E-state index contributed by atoms with van der Waals surface area (Å²) in [7, 11) is 0. The van der Waals surface area contributed by atoms with Crippen molar-refractivity contribution in [2.24, 2.45) is 17.8 Å². The molecular formula is C13H26O. The number of rotatable bonds is 4. The minimum atomic E-state index is -0.0249. The lowest BCUT2D eigenvalue weighted by molar-refractivity contribution is 0.00250. The van der Waals surface area contributed by atoms with E-state index in [0.717, 1.165) is 5.92 Å². The zero-order chi connectivity index (χ0) is 10.6. The summed E-state index contributed by atoms with van der Waals surface area (Å²) in [6, 6.07) is 0. The topological polar surface area (TPSA) is 20.2 Å². The Bertz CT molecular complexity index is 155. The van der Waals surface area contributed by atoms with E-state index in [0.29, 0.717) is 11.8 Å². The number of hydrogen-bond acceptors (Lipinski definition) is 1. The van der Waals surface area contributed by atoms with Gasteiger partial charge in [0.1, 0.15) is 0 Å². The standard InChI is InChI=1S/C13H26O/c1-4-5-6-7-12-9-10(2)8-11(3)13(12)14/h10-14H,4-9H2,1-3H3. The van der Waals surface area contributed by atoms with Gasteiger partial charge in [-0.1, -0.05) is 40.0 Å². The molecule has 4 atom stereocenters. The van der Waals surface area contributed by atoms with Crippen molar-refractivity contribution >= 4 is 0 Å². The molecule has 1 N–H and O–H groups in total. The first-order valence-electron chi connectivity index (χ1n) is 6.33. The van der Waals surface area contributed by atoms with Gasteiger partial charge in [-0.25, -0.2) is 0 Å². The van der Waals surface area contributed by atoms with E-state index in [1.807, 2.05) is 0 Å². The molecular weight excluding hydrogens is 172 g/mol. The van der Waals surface area contributed by atoms with Gasteiger partial charge in [-0.05, 0) is 37.0 Å². The molecule has 0 aromatic heterocycles. The summed E-state index contributed by atoms with van der Waals surface area (Å²) in [5, 5.41) is 10.1. The third-order valence-corrected chi connectivity index (χ3v) is 3.72. The van der Waals surface area contributed by atoms with E-state index in [-0.39, 0.29) is 6.10 Å². The van der Waals surface area contributed by atoms with Crippen LogP contribution in [-0.2, 0) is 0 Å². The quantitative estimate of drug-likeness (QED) is 0.684. The first-order chi connectivity index (χ1) is 6.65. The van der Waals surface area contributed by atoms with Gasteiger partial charge >= 0.3 is 0 Å². The van der Waals surface area contributed by atoms with Crippen LogP contribution in [0, 0.1) is 17.8 Å². The molecule has 1 saturated carbocycles. The molecule has 0 bridgehead atoms. The zero-order valence-electron chi connectivity index (χ0n) is 10.00. The minimum Gasteiger partial charge on any atom is -0.393 e. The van der Waals surface area contributed by atoms with E-state index in [4.69, 9.17) is 0 Å². The van der Waals surface area contributed by atoms with Gasteiger partial charge < -0.3 is 5.11 Å². The Kier molecular flexibility index (Phi) is 4.94. The average Bonchev–Trinajstić information content (AvgIpc) is 2.13. The first kappa shape index (κ1) is 12.0. The molecule has 0 saturated heterocycles. The summed E-state index contributed by atoms with van der Waals surface area (Å²) < 4.78 is 0. The van der Waals surface area contributed by atoms with Crippen LogP contribution in [0.2, 0.25) is 0 Å². The smallest absolute Gasteiger partial charge is 0.0594 e. The van der Waals surface area contributed by atoms with Gasteiger partial charge in [0.2, 0.25) is 0 Å². The van der Waals surface area contributed by atoms with Gasteiger partial charge in [0.25, 0.3) is 0 Å². The Labute approximate surface area is 88.9 Å². The maximum atomic E-state index is 10.1. The normalized spacial score (nSPS) is 38.6. The zero-order valence-corrected chi connectivity index (χ0v) is 10.00. The molecule has 1 fully saturated rings. The van der Waals surface area contributed by atoms with Crippen LogP contribution < -0.4 is 0 Å². The highest BCUT2D eigenvalue weighted by Crippen LogP contribution is 2.35. The molecule has 84 valence electrons. The molecule has 14 heavy (non-hydrogen) atoms. The lowest BCUT2D eigenvalue weighted by atomic mass is 9.73. The van der Waals surface area contributed by atoms with Crippen molar-refractivity contribution in [3.63, 3.8) is 0 Å². The Hall–Kier alpha value is -0.0400. The van der Waals surface area contributed by atoms with Crippen LogP contribution in [0.15, 0.2) is 0 Å². The fraction of sp³-hybridized carbons (Fsp3) is 1.00. The van der Waals surface area contributed by atoms with E-state index in [2.05, 4.69) is 20.8 Å². The van der Waals surface area contributed by atoms with Crippen LogP contribution in [0.4, 0.5) is 0 Å². The molecule has 1 aliphatic carbocycles. The molecule has 0 aromatic rings. The van der Waals surface area contributed by atoms with Gasteiger partial charge in [-0.3, -0.25) is 0 Å². The third kappa shape index (κ3) is 3.27. The summed E-state index contributed by atoms with van der Waals surface area (Å²) in [5.41, 5.74) is 0. The molecule has 0 radical (unpaired) electrons. The van der Waals surface area contributed by atoms with Gasteiger partial charge in [0.15, 0.2) is 0 Å². The molecule has 1 nitrogen and oxygen atoms in total. The maximum absolute atomic E-state index is 10.1. The van der Waals surface area contributed by atoms with Crippen LogP contribution in [0.25, 0.3) is 0 Å². The van der Waals surface area contributed by atoms with Crippen molar-refractivity contribution in [1.29, 1.82) is 0 Å². The molecule has 0 amide bonds. The fourth-order valence-corrected chi connectivity index (χ4v) is 2.94. The second-order valence-electron chi connectivity index (χ2n) is 5.30. The van der Waals surface area contributed by atoms with E-state index in [9.17, 15) is 5.11 Å². The molecule has 1 rings (SSSR count). The predicted molar refractivity (Wildman–Crippen MR) is 61.2 cm³/mol. The second kappa shape index (κ2) is 5.75. The highest BCUT2D eigenvalue weighted by atomic mass is 16.3. The SMILES string of the molecule is CCCCCC1CC(C)CC(C)C1O. The highest BCUT2D eigenvalue weighted by Gasteiger charge is 2.31. The van der Waals surface area contributed by atoms with E-state index < -0.39 is 0 Å². The summed E-state index contributed by atoms with van der Waals surface area (Å²) >= 11 is 0. The lowest BCUT2D eigenvalue weighted by Gasteiger charge is -2.36. The molecule has 0 spiro atoms. The van der Waals surface area contributed by atoms with Gasteiger partial charge in [-0.2, -0.15) is 0 Å². The van der Waals surface area contributed by atoms with Crippen LogP contribution >= 0.6 is 0 Å². The Morgan fingerprint density at radius 2 is 1.86 bits per heavy atom. The van der Waals surface area contributed by atoms with Gasteiger partial charge in [0, 0.05) is 0 Å². The second-order valence-corrected chi connectivity index (χ2v) is 5.30. The molecule has 1 heteroatoms. The van der Waals surface area contributed by atoms with Crippen molar-refractivity contribution in [2.45, 2.75) is 65.4 Å². The van der Waals surface area contributed by atoms with E-state index in [1.54, 1.807) is 0 Å². The largest absolute Gasteiger partial charge is 0.393 e. The van der Waals surface area contributed by atoms with Crippen LogP contribution in [0.3, 0.4) is 0 Å². The van der Waals surface area contributed by atoms with E-state index in [1.165, 1.54) is 38.5 Å². The fourth-order valence-electron chi connectivity index (χ4n) is 2.94. The average molecular weight is 198 g/mol. The number of aliphatic hydroxyl groups excluding tert-OH is 1. The van der Waals surface area contributed by atoms with Crippen molar-refractivity contribution < 1.29 is 5.11 Å². The van der Waals surface area contributed by atoms with Crippen molar-refractivity contribution in [3.8, 4) is 0 Å². The van der Waals surface area contributed by atoms with Crippen LogP contribution in [0.1, 0.15) is 59.3 Å².